The van der Waals surface area contributed by atoms with E-state index in [4.69, 9.17) is 20.3 Å². The molecule has 1 aromatic rings. The summed E-state index contributed by atoms with van der Waals surface area (Å²) in [7, 11) is 0. The van der Waals surface area contributed by atoms with Gasteiger partial charge in [-0.3, -0.25) is 4.79 Å². The standard InChI is InChI=1S/C13H17NO4/c1-2-8-6-10-11(18-5-3-4-17-10)7-9(8)12(14)13(15)16/h6-7,12H,2-5,14H2,1H3,(H,15,16). The highest BCUT2D eigenvalue weighted by Crippen LogP contribution is 2.35. The largest absolute Gasteiger partial charge is 0.490 e. The lowest BCUT2D eigenvalue weighted by Gasteiger charge is -2.16. The molecule has 0 fully saturated rings. The van der Waals surface area contributed by atoms with Crippen LogP contribution in [0.3, 0.4) is 0 Å². The molecule has 0 saturated carbocycles. The van der Waals surface area contributed by atoms with Crippen LogP contribution in [0.5, 0.6) is 11.5 Å². The Morgan fingerprint density at radius 1 is 1.39 bits per heavy atom. The molecule has 0 aromatic heterocycles. The SMILES string of the molecule is CCc1cc2c(cc1C(N)C(=O)O)OCCCO2. The number of carboxylic acids is 1. The first-order valence-electron chi connectivity index (χ1n) is 6.04. The molecule has 98 valence electrons. The Bertz CT molecular complexity index is 459. The molecule has 5 nitrogen and oxygen atoms in total. The zero-order valence-electron chi connectivity index (χ0n) is 10.3. The van der Waals surface area contributed by atoms with Gasteiger partial charge in [-0.2, -0.15) is 0 Å². The van der Waals surface area contributed by atoms with Crippen LogP contribution in [0.2, 0.25) is 0 Å². The van der Waals surface area contributed by atoms with Crippen LogP contribution in [-0.4, -0.2) is 24.3 Å². The predicted octanol–water partition coefficient (Wildman–Crippen LogP) is 1.49. The van der Waals surface area contributed by atoms with Crippen LogP contribution in [0, 0.1) is 0 Å². The molecule has 3 N–H and O–H groups in total. The van der Waals surface area contributed by atoms with Crippen molar-refractivity contribution in [3.63, 3.8) is 0 Å². The second-order valence-corrected chi connectivity index (χ2v) is 4.22. The number of hydrogen-bond acceptors (Lipinski definition) is 4. The van der Waals surface area contributed by atoms with Crippen molar-refractivity contribution < 1.29 is 19.4 Å². The summed E-state index contributed by atoms with van der Waals surface area (Å²) in [6, 6.07) is 2.49. The molecular weight excluding hydrogens is 234 g/mol. The number of fused-ring (bicyclic) bond motifs is 1. The molecule has 0 saturated heterocycles. The summed E-state index contributed by atoms with van der Waals surface area (Å²) in [5.74, 6) is 0.210. The van der Waals surface area contributed by atoms with E-state index in [1.54, 1.807) is 6.07 Å². The van der Waals surface area contributed by atoms with Crippen LogP contribution in [0.15, 0.2) is 12.1 Å². The third-order valence-corrected chi connectivity index (χ3v) is 2.99. The summed E-state index contributed by atoms with van der Waals surface area (Å²) in [6.45, 7) is 3.14. The number of aliphatic carboxylic acids is 1. The Morgan fingerprint density at radius 2 is 2.00 bits per heavy atom. The third kappa shape index (κ3) is 2.41. The summed E-state index contributed by atoms with van der Waals surface area (Å²) in [5.41, 5.74) is 7.17. The number of rotatable bonds is 3. The summed E-state index contributed by atoms with van der Waals surface area (Å²) in [5, 5.41) is 9.02. The van der Waals surface area contributed by atoms with Crippen molar-refractivity contribution >= 4 is 5.97 Å². The minimum atomic E-state index is -1.04. The minimum absolute atomic E-state index is 0.570. The molecule has 1 aliphatic rings. The Morgan fingerprint density at radius 3 is 2.56 bits per heavy atom. The predicted molar refractivity (Wildman–Crippen MR) is 66.0 cm³/mol. The summed E-state index contributed by atoms with van der Waals surface area (Å²) >= 11 is 0. The van der Waals surface area contributed by atoms with Gasteiger partial charge in [0.2, 0.25) is 0 Å². The lowest BCUT2D eigenvalue weighted by molar-refractivity contribution is -0.138. The van der Waals surface area contributed by atoms with Gasteiger partial charge in [-0.05, 0) is 29.7 Å². The number of nitrogens with two attached hydrogens (primary N) is 1. The van der Waals surface area contributed by atoms with Gasteiger partial charge in [0.05, 0.1) is 13.2 Å². The monoisotopic (exact) mass is 251 g/mol. The zero-order chi connectivity index (χ0) is 13.1. The van der Waals surface area contributed by atoms with Crippen LogP contribution < -0.4 is 15.2 Å². The van der Waals surface area contributed by atoms with Crippen molar-refractivity contribution in [3.8, 4) is 11.5 Å². The average Bonchev–Trinajstić information content (AvgIpc) is 2.60. The Kier molecular flexibility index (Phi) is 3.72. The van der Waals surface area contributed by atoms with Crippen LogP contribution in [0.1, 0.15) is 30.5 Å². The zero-order valence-corrected chi connectivity index (χ0v) is 10.3. The summed E-state index contributed by atoms with van der Waals surface area (Å²) in [6.07, 6.45) is 1.52. The molecule has 5 heteroatoms. The van der Waals surface area contributed by atoms with Gasteiger partial charge in [0, 0.05) is 6.42 Å². The fourth-order valence-electron chi connectivity index (χ4n) is 2.00. The van der Waals surface area contributed by atoms with Gasteiger partial charge >= 0.3 is 5.97 Å². The highest BCUT2D eigenvalue weighted by atomic mass is 16.5. The van der Waals surface area contributed by atoms with Gasteiger partial charge in [-0.25, -0.2) is 0 Å². The van der Waals surface area contributed by atoms with E-state index in [2.05, 4.69) is 0 Å². The molecule has 18 heavy (non-hydrogen) atoms. The maximum atomic E-state index is 11.0. The molecule has 0 bridgehead atoms. The summed E-state index contributed by atoms with van der Waals surface area (Å²) in [4.78, 5) is 11.0. The second-order valence-electron chi connectivity index (χ2n) is 4.22. The van der Waals surface area contributed by atoms with Gasteiger partial charge in [0.1, 0.15) is 6.04 Å². The van der Waals surface area contributed by atoms with Crippen LogP contribution in [-0.2, 0) is 11.2 Å². The van der Waals surface area contributed by atoms with Gasteiger partial charge in [0.25, 0.3) is 0 Å². The Balaban J connectivity index is 2.46. The number of ether oxygens (including phenoxy) is 2. The van der Waals surface area contributed by atoms with Crippen molar-refractivity contribution in [1.82, 2.24) is 0 Å². The van der Waals surface area contributed by atoms with Crippen molar-refractivity contribution in [1.29, 1.82) is 0 Å². The van der Waals surface area contributed by atoms with Gasteiger partial charge in [-0.1, -0.05) is 6.92 Å². The minimum Gasteiger partial charge on any atom is -0.490 e. The molecule has 0 spiro atoms. The smallest absolute Gasteiger partial charge is 0.325 e. The first-order chi connectivity index (χ1) is 8.63. The first kappa shape index (κ1) is 12.7. The highest BCUT2D eigenvalue weighted by molar-refractivity contribution is 5.76. The maximum Gasteiger partial charge on any atom is 0.325 e. The molecule has 1 aliphatic heterocycles. The maximum absolute atomic E-state index is 11.0. The van der Waals surface area contributed by atoms with Crippen LogP contribution >= 0.6 is 0 Å². The molecular formula is C13H17NO4. The van der Waals surface area contributed by atoms with Crippen LogP contribution in [0.4, 0.5) is 0 Å². The molecule has 1 atom stereocenters. The van der Waals surface area contributed by atoms with Crippen molar-refractivity contribution in [2.24, 2.45) is 5.73 Å². The van der Waals surface area contributed by atoms with Crippen LogP contribution in [0.25, 0.3) is 0 Å². The first-order valence-corrected chi connectivity index (χ1v) is 6.04. The highest BCUT2D eigenvalue weighted by Gasteiger charge is 2.21. The van der Waals surface area contributed by atoms with E-state index >= 15 is 0 Å². The molecule has 1 heterocycles. The normalized spacial score (nSPS) is 15.9. The second kappa shape index (κ2) is 5.27. The van der Waals surface area contributed by atoms with Crippen molar-refractivity contribution in [2.75, 3.05) is 13.2 Å². The third-order valence-electron chi connectivity index (χ3n) is 2.99. The van der Waals surface area contributed by atoms with E-state index in [1.165, 1.54) is 0 Å². The average molecular weight is 251 g/mol. The van der Waals surface area contributed by atoms with Crippen molar-refractivity contribution in [3.05, 3.63) is 23.3 Å². The number of hydrogen-bond donors (Lipinski definition) is 2. The Hall–Kier alpha value is -1.75. The number of carbonyl (C=O) groups is 1. The lowest BCUT2D eigenvalue weighted by atomic mass is 9.98. The fourth-order valence-corrected chi connectivity index (χ4v) is 2.00. The van der Waals surface area contributed by atoms with E-state index in [-0.39, 0.29) is 0 Å². The molecule has 1 unspecified atom stereocenters. The van der Waals surface area contributed by atoms with E-state index < -0.39 is 12.0 Å². The van der Waals surface area contributed by atoms with Gasteiger partial charge < -0.3 is 20.3 Å². The summed E-state index contributed by atoms with van der Waals surface area (Å²) < 4.78 is 11.1. The van der Waals surface area contributed by atoms with Crippen molar-refractivity contribution in [2.45, 2.75) is 25.8 Å². The molecule has 0 aliphatic carbocycles. The molecule has 0 radical (unpaired) electrons. The van der Waals surface area contributed by atoms with E-state index in [0.717, 1.165) is 12.0 Å². The molecule has 0 amide bonds. The fraction of sp³-hybridized carbons (Fsp3) is 0.462. The quantitative estimate of drug-likeness (QED) is 0.850. The number of benzene rings is 1. The van der Waals surface area contributed by atoms with Gasteiger partial charge in [-0.15, -0.1) is 0 Å². The van der Waals surface area contributed by atoms with E-state index in [9.17, 15) is 4.79 Å². The molecule has 1 aromatic carbocycles. The lowest BCUT2D eigenvalue weighted by Crippen LogP contribution is -2.22. The topological polar surface area (TPSA) is 81.8 Å². The van der Waals surface area contributed by atoms with E-state index in [1.807, 2.05) is 13.0 Å². The number of aryl methyl sites for hydroxylation is 1. The molecule has 2 rings (SSSR count). The van der Waals surface area contributed by atoms with Gasteiger partial charge in [0.15, 0.2) is 11.5 Å². The van der Waals surface area contributed by atoms with E-state index in [0.29, 0.717) is 36.7 Å². The number of carboxylic acid groups (broad SMARTS) is 1. The Labute approximate surface area is 106 Å².